The quantitative estimate of drug-likeness (QED) is 0.750. The topological polar surface area (TPSA) is 26.3 Å². The van der Waals surface area contributed by atoms with Crippen LogP contribution in [0.5, 0.6) is 5.75 Å². The van der Waals surface area contributed by atoms with Gasteiger partial charge in [-0.1, -0.05) is 55.5 Å². The molecule has 23 heavy (non-hydrogen) atoms. The molecule has 0 saturated carbocycles. The molecular weight excluding hydrogens is 284 g/mol. The second-order valence-electron chi connectivity index (χ2n) is 6.09. The van der Waals surface area contributed by atoms with Crippen molar-refractivity contribution >= 4 is 5.78 Å². The number of aryl methyl sites for hydroxylation is 1. The first-order valence-corrected chi connectivity index (χ1v) is 8.11. The number of carbonyl (C=O) groups is 1. The number of allylic oxidation sites excluding steroid dienone is 1. The minimum atomic E-state index is -0.0578. The molecule has 118 valence electrons. The average Bonchev–Trinajstić information content (AvgIpc) is 2.84. The molecular formula is C21H22O2. The van der Waals surface area contributed by atoms with Crippen molar-refractivity contribution in [3.63, 3.8) is 0 Å². The maximum absolute atomic E-state index is 12.9. The number of Topliss-reactive ketones (excluding diaryl/α,β-unsaturated/α-hetero) is 1. The molecule has 2 atom stereocenters. The molecule has 2 nitrogen and oxygen atoms in total. The Labute approximate surface area is 137 Å². The highest BCUT2D eigenvalue weighted by molar-refractivity contribution is 6.06. The molecule has 0 fully saturated rings. The van der Waals surface area contributed by atoms with Crippen molar-refractivity contribution in [3.8, 4) is 5.75 Å². The molecule has 0 saturated heterocycles. The molecule has 0 heterocycles. The lowest BCUT2D eigenvalue weighted by Gasteiger charge is -2.18. The molecule has 0 bridgehead atoms. The van der Waals surface area contributed by atoms with E-state index in [2.05, 4.69) is 25.1 Å². The molecule has 3 rings (SSSR count). The van der Waals surface area contributed by atoms with Crippen molar-refractivity contribution in [2.75, 3.05) is 6.61 Å². The molecule has 2 heteroatoms. The summed E-state index contributed by atoms with van der Waals surface area (Å²) >= 11 is 0. The summed E-state index contributed by atoms with van der Waals surface area (Å²) in [5, 5.41) is 0. The molecule has 0 spiro atoms. The van der Waals surface area contributed by atoms with Gasteiger partial charge in [0.1, 0.15) is 12.4 Å². The van der Waals surface area contributed by atoms with Gasteiger partial charge in [-0.2, -0.15) is 0 Å². The van der Waals surface area contributed by atoms with Gasteiger partial charge < -0.3 is 4.74 Å². The predicted molar refractivity (Wildman–Crippen MR) is 93.3 cm³/mol. The van der Waals surface area contributed by atoms with Crippen LogP contribution in [-0.4, -0.2) is 12.4 Å². The number of rotatable bonds is 4. The van der Waals surface area contributed by atoms with Crippen LogP contribution < -0.4 is 4.74 Å². The van der Waals surface area contributed by atoms with E-state index in [-0.39, 0.29) is 17.6 Å². The summed E-state index contributed by atoms with van der Waals surface area (Å²) in [6.45, 7) is 6.55. The van der Waals surface area contributed by atoms with Gasteiger partial charge in [-0.25, -0.2) is 0 Å². The Balaban J connectivity index is 2.10. The van der Waals surface area contributed by atoms with Gasteiger partial charge in [-0.05, 0) is 36.6 Å². The van der Waals surface area contributed by atoms with E-state index in [0.717, 1.165) is 16.7 Å². The molecule has 0 amide bonds. The highest BCUT2D eigenvalue weighted by Gasteiger charge is 2.40. The Morgan fingerprint density at radius 1 is 1.13 bits per heavy atom. The minimum absolute atomic E-state index is 0.0578. The van der Waals surface area contributed by atoms with Crippen LogP contribution in [0.15, 0.2) is 54.6 Å². The average molecular weight is 306 g/mol. The molecule has 2 unspecified atom stereocenters. The molecule has 2 aromatic rings. The molecule has 0 N–H and O–H groups in total. The van der Waals surface area contributed by atoms with Crippen molar-refractivity contribution in [2.45, 2.75) is 26.7 Å². The largest absolute Gasteiger partial charge is 0.489 e. The van der Waals surface area contributed by atoms with E-state index >= 15 is 0 Å². The molecule has 1 aliphatic rings. The van der Waals surface area contributed by atoms with Gasteiger partial charge in [0.25, 0.3) is 0 Å². The van der Waals surface area contributed by atoms with Crippen molar-refractivity contribution in [1.29, 1.82) is 0 Å². The van der Waals surface area contributed by atoms with E-state index in [4.69, 9.17) is 4.74 Å². The monoisotopic (exact) mass is 306 g/mol. The first kappa shape index (κ1) is 15.5. The van der Waals surface area contributed by atoms with E-state index in [1.807, 2.05) is 50.3 Å². The number of hydrogen-bond donors (Lipinski definition) is 0. The highest BCUT2D eigenvalue weighted by Crippen LogP contribution is 2.47. The van der Waals surface area contributed by atoms with Crippen molar-refractivity contribution in [3.05, 3.63) is 76.9 Å². The van der Waals surface area contributed by atoms with Crippen molar-refractivity contribution in [2.24, 2.45) is 5.92 Å². The van der Waals surface area contributed by atoms with Gasteiger partial charge >= 0.3 is 0 Å². The number of ether oxygens (including phenoxy) is 1. The van der Waals surface area contributed by atoms with E-state index in [1.165, 1.54) is 5.56 Å². The fourth-order valence-corrected chi connectivity index (χ4v) is 3.46. The summed E-state index contributed by atoms with van der Waals surface area (Å²) in [5.74, 6) is 0.952. The van der Waals surface area contributed by atoms with Crippen molar-refractivity contribution in [1.82, 2.24) is 0 Å². The van der Waals surface area contributed by atoms with Crippen LogP contribution in [0.2, 0.25) is 0 Å². The summed E-state index contributed by atoms with van der Waals surface area (Å²) in [5.41, 5.74) is 4.26. The summed E-state index contributed by atoms with van der Waals surface area (Å²) in [7, 11) is 0. The third kappa shape index (κ3) is 2.70. The third-order valence-corrected chi connectivity index (χ3v) is 4.63. The zero-order valence-electron chi connectivity index (χ0n) is 13.9. The lowest BCUT2D eigenvalue weighted by Crippen LogP contribution is -2.11. The van der Waals surface area contributed by atoms with Crippen LogP contribution in [0.25, 0.3) is 0 Å². The predicted octanol–water partition coefficient (Wildman–Crippen LogP) is 4.91. The van der Waals surface area contributed by atoms with E-state index in [1.54, 1.807) is 0 Å². The van der Waals surface area contributed by atoms with E-state index < -0.39 is 0 Å². The standard InChI is InChI=1S/C21H22O2/c1-4-5-13-23-17-12-11-14(2)18-19(15(3)21(22)20(17)18)16-9-7-6-8-10-16/h4-12,15,19H,13H2,1-3H3. The smallest absolute Gasteiger partial charge is 0.170 e. The Hall–Kier alpha value is -2.35. The number of benzene rings is 2. The molecule has 0 aromatic heterocycles. The fourth-order valence-electron chi connectivity index (χ4n) is 3.46. The van der Waals surface area contributed by atoms with Gasteiger partial charge in [-0.15, -0.1) is 0 Å². The van der Waals surface area contributed by atoms with E-state index in [0.29, 0.717) is 12.4 Å². The Morgan fingerprint density at radius 2 is 1.87 bits per heavy atom. The molecule has 0 aliphatic heterocycles. The molecule has 2 aromatic carbocycles. The highest BCUT2D eigenvalue weighted by atomic mass is 16.5. The second kappa shape index (κ2) is 6.41. The summed E-state index contributed by atoms with van der Waals surface area (Å²) in [4.78, 5) is 12.9. The number of fused-ring (bicyclic) bond motifs is 1. The van der Waals surface area contributed by atoms with Gasteiger partial charge in [0.15, 0.2) is 5.78 Å². The first-order chi connectivity index (χ1) is 11.1. The molecule has 0 radical (unpaired) electrons. The Morgan fingerprint density at radius 3 is 2.57 bits per heavy atom. The number of hydrogen-bond acceptors (Lipinski definition) is 2. The number of ketones is 1. The Bertz CT molecular complexity index is 744. The van der Waals surface area contributed by atoms with Crippen LogP contribution in [0.4, 0.5) is 0 Å². The van der Waals surface area contributed by atoms with Crippen LogP contribution in [-0.2, 0) is 0 Å². The third-order valence-electron chi connectivity index (χ3n) is 4.63. The van der Waals surface area contributed by atoms with Gasteiger partial charge in [0.05, 0.1) is 5.56 Å². The second-order valence-corrected chi connectivity index (χ2v) is 6.09. The molecule has 1 aliphatic carbocycles. The van der Waals surface area contributed by atoms with Crippen LogP contribution >= 0.6 is 0 Å². The maximum Gasteiger partial charge on any atom is 0.170 e. The van der Waals surface area contributed by atoms with Gasteiger partial charge in [0.2, 0.25) is 0 Å². The first-order valence-electron chi connectivity index (χ1n) is 8.11. The SMILES string of the molecule is CC=CCOc1ccc(C)c2c1C(=O)C(C)C2c1ccccc1. The van der Waals surface area contributed by atoms with Crippen LogP contribution in [0, 0.1) is 12.8 Å². The van der Waals surface area contributed by atoms with Gasteiger partial charge in [0, 0.05) is 11.8 Å². The summed E-state index contributed by atoms with van der Waals surface area (Å²) in [6, 6.07) is 14.3. The van der Waals surface area contributed by atoms with Crippen LogP contribution in [0.1, 0.15) is 46.8 Å². The summed E-state index contributed by atoms with van der Waals surface area (Å²) in [6.07, 6.45) is 3.90. The lowest BCUT2D eigenvalue weighted by molar-refractivity contribution is 0.0936. The maximum atomic E-state index is 12.9. The van der Waals surface area contributed by atoms with Crippen LogP contribution in [0.3, 0.4) is 0 Å². The lowest BCUT2D eigenvalue weighted by atomic mass is 9.85. The van der Waals surface area contributed by atoms with Crippen molar-refractivity contribution < 1.29 is 9.53 Å². The summed E-state index contributed by atoms with van der Waals surface area (Å²) < 4.78 is 5.84. The Kier molecular flexibility index (Phi) is 4.33. The minimum Gasteiger partial charge on any atom is -0.489 e. The zero-order valence-corrected chi connectivity index (χ0v) is 13.9. The van der Waals surface area contributed by atoms with Gasteiger partial charge in [-0.3, -0.25) is 4.79 Å². The normalized spacial score (nSPS) is 20.0. The van der Waals surface area contributed by atoms with E-state index in [9.17, 15) is 4.79 Å². The zero-order chi connectivity index (χ0) is 16.4. The fraction of sp³-hybridized carbons (Fsp3) is 0.286. The number of carbonyl (C=O) groups excluding carboxylic acids is 1.